The maximum Gasteiger partial charge on any atom is 0.193 e. The molecule has 2 rings (SSSR count). The van der Waals surface area contributed by atoms with Crippen LogP contribution in [0, 0.1) is 0 Å². The normalized spacial score (nSPS) is 10.7. The first-order valence-electron chi connectivity index (χ1n) is 8.16. The molecule has 0 amide bonds. The van der Waals surface area contributed by atoms with Gasteiger partial charge in [-0.05, 0) is 49.2 Å². The smallest absolute Gasteiger partial charge is 0.193 e. The van der Waals surface area contributed by atoms with Crippen molar-refractivity contribution in [1.29, 1.82) is 0 Å². The summed E-state index contributed by atoms with van der Waals surface area (Å²) in [6.07, 6.45) is 2.08. The van der Waals surface area contributed by atoms with E-state index in [9.17, 15) is 0 Å². The number of benzene rings is 2. The van der Waals surface area contributed by atoms with Crippen LogP contribution in [0.2, 0.25) is 0 Å². The minimum Gasteiger partial charge on any atom is -0.497 e. The van der Waals surface area contributed by atoms with E-state index in [0.717, 1.165) is 37.4 Å². The number of nitrogens with one attached hydrogen (secondary N) is 1. The van der Waals surface area contributed by atoms with Crippen molar-refractivity contribution in [3.63, 3.8) is 0 Å². The number of guanidine groups is 1. The topological polar surface area (TPSA) is 62.9 Å². The molecule has 5 nitrogen and oxygen atoms in total. The molecule has 0 aliphatic heterocycles. The lowest BCUT2D eigenvalue weighted by molar-refractivity contribution is 0.415. The van der Waals surface area contributed by atoms with Crippen LogP contribution in [-0.4, -0.2) is 33.2 Å². The number of nitrogens with zero attached hydrogens (tertiary/aromatic N) is 2. The second kappa shape index (κ2) is 11.6. The lowest BCUT2D eigenvalue weighted by atomic mass is 10.2. The highest BCUT2D eigenvalue weighted by Crippen LogP contribution is 2.14. The van der Waals surface area contributed by atoms with E-state index in [-0.39, 0.29) is 24.0 Å². The van der Waals surface area contributed by atoms with Crippen molar-refractivity contribution in [1.82, 2.24) is 0 Å². The highest BCUT2D eigenvalue weighted by Gasteiger charge is 1.99. The number of hydrogen-bond donors (Lipinski definition) is 2. The van der Waals surface area contributed by atoms with Crippen molar-refractivity contribution in [3.05, 3.63) is 54.6 Å². The summed E-state index contributed by atoms with van der Waals surface area (Å²) in [5, 5.41) is 3.08. The molecule has 0 saturated heterocycles. The number of para-hydroxylation sites is 1. The summed E-state index contributed by atoms with van der Waals surface area (Å²) < 4.78 is 5.12. The van der Waals surface area contributed by atoms with Gasteiger partial charge >= 0.3 is 0 Å². The molecule has 0 spiro atoms. The summed E-state index contributed by atoms with van der Waals surface area (Å²) in [5.41, 5.74) is 8.05. The molecule has 0 atom stereocenters. The summed E-state index contributed by atoms with van der Waals surface area (Å²) in [6, 6.07) is 18.0. The summed E-state index contributed by atoms with van der Waals surface area (Å²) in [6.45, 7) is 1.73. The Hall–Kier alpha value is -1.96. The van der Waals surface area contributed by atoms with Gasteiger partial charge < -0.3 is 20.7 Å². The Morgan fingerprint density at radius 2 is 1.76 bits per heavy atom. The Bertz CT molecular complexity index is 632. The molecule has 0 bridgehead atoms. The predicted octanol–water partition coefficient (Wildman–Crippen LogP) is 3.96. The Morgan fingerprint density at radius 3 is 2.40 bits per heavy atom. The molecule has 0 aromatic heterocycles. The number of rotatable bonds is 8. The van der Waals surface area contributed by atoms with E-state index < -0.39 is 0 Å². The maximum atomic E-state index is 5.91. The predicted molar refractivity (Wildman–Crippen MR) is 117 cm³/mol. The van der Waals surface area contributed by atoms with Gasteiger partial charge in [0.2, 0.25) is 0 Å². The van der Waals surface area contributed by atoms with E-state index in [2.05, 4.69) is 46.5 Å². The van der Waals surface area contributed by atoms with Crippen LogP contribution in [0.5, 0.6) is 5.75 Å². The monoisotopic (exact) mass is 454 g/mol. The van der Waals surface area contributed by atoms with Crippen molar-refractivity contribution in [2.45, 2.75) is 12.8 Å². The first kappa shape index (κ1) is 21.1. The standard InChI is InChI=1S/C19H26N4O.HI/c1-23(17-8-4-3-5-9-17)15-7-6-14-21-19(20)22-16-10-12-18(24-2)13-11-16;/h3-5,8-13H,6-7,14-15H2,1-2H3,(H3,20,21,22);1H. The molecule has 0 unspecified atom stereocenters. The fourth-order valence-corrected chi connectivity index (χ4v) is 2.33. The van der Waals surface area contributed by atoms with Crippen LogP contribution in [0.3, 0.4) is 0 Å². The molecule has 136 valence electrons. The molecule has 25 heavy (non-hydrogen) atoms. The second-order valence-corrected chi connectivity index (χ2v) is 5.58. The Morgan fingerprint density at radius 1 is 1.08 bits per heavy atom. The molecular weight excluding hydrogens is 427 g/mol. The fraction of sp³-hybridized carbons (Fsp3) is 0.316. The van der Waals surface area contributed by atoms with E-state index in [1.165, 1.54) is 5.69 Å². The molecule has 0 fully saturated rings. The van der Waals surface area contributed by atoms with E-state index in [1.54, 1.807) is 7.11 Å². The van der Waals surface area contributed by atoms with Gasteiger partial charge in [0, 0.05) is 31.5 Å². The van der Waals surface area contributed by atoms with E-state index in [1.807, 2.05) is 30.3 Å². The van der Waals surface area contributed by atoms with Gasteiger partial charge in [-0.2, -0.15) is 0 Å². The van der Waals surface area contributed by atoms with Crippen molar-refractivity contribution in [3.8, 4) is 5.75 Å². The number of nitrogens with two attached hydrogens (primary N) is 1. The van der Waals surface area contributed by atoms with Crippen LogP contribution < -0.4 is 20.7 Å². The molecule has 0 heterocycles. The fourth-order valence-electron chi connectivity index (χ4n) is 2.33. The highest BCUT2D eigenvalue weighted by molar-refractivity contribution is 14.0. The molecule has 2 aromatic rings. The molecule has 0 saturated carbocycles. The number of unbranched alkanes of at least 4 members (excludes halogenated alkanes) is 1. The number of anilines is 2. The van der Waals surface area contributed by atoms with Gasteiger partial charge in [-0.25, -0.2) is 0 Å². The largest absolute Gasteiger partial charge is 0.497 e. The molecule has 6 heteroatoms. The van der Waals surface area contributed by atoms with Gasteiger partial charge in [0.15, 0.2) is 5.96 Å². The summed E-state index contributed by atoms with van der Waals surface area (Å²) in [4.78, 5) is 6.62. The summed E-state index contributed by atoms with van der Waals surface area (Å²) in [7, 11) is 3.76. The summed E-state index contributed by atoms with van der Waals surface area (Å²) in [5.74, 6) is 1.26. The Labute approximate surface area is 167 Å². The van der Waals surface area contributed by atoms with Crippen molar-refractivity contribution in [2.75, 3.05) is 37.5 Å². The molecule has 0 aliphatic carbocycles. The maximum absolute atomic E-state index is 5.91. The van der Waals surface area contributed by atoms with E-state index >= 15 is 0 Å². The average molecular weight is 454 g/mol. The Kier molecular flexibility index (Phi) is 9.76. The van der Waals surface area contributed by atoms with Crippen molar-refractivity contribution >= 4 is 41.3 Å². The Balaban J connectivity index is 0.00000312. The zero-order valence-electron chi connectivity index (χ0n) is 14.8. The summed E-state index contributed by atoms with van der Waals surface area (Å²) >= 11 is 0. The minimum atomic E-state index is 0. The third-order valence-corrected chi connectivity index (χ3v) is 3.74. The molecular formula is C19H27IN4O. The van der Waals surface area contributed by atoms with Crippen LogP contribution in [-0.2, 0) is 0 Å². The minimum absolute atomic E-state index is 0. The first-order chi connectivity index (χ1) is 11.7. The van der Waals surface area contributed by atoms with Gasteiger partial charge in [-0.3, -0.25) is 4.99 Å². The average Bonchev–Trinajstić information content (AvgIpc) is 2.62. The molecule has 0 aliphatic rings. The van der Waals surface area contributed by atoms with Crippen LogP contribution in [0.25, 0.3) is 0 Å². The van der Waals surface area contributed by atoms with Crippen LogP contribution in [0.15, 0.2) is 59.6 Å². The quantitative estimate of drug-likeness (QED) is 0.275. The number of hydrogen-bond acceptors (Lipinski definition) is 3. The van der Waals surface area contributed by atoms with Crippen LogP contribution in [0.4, 0.5) is 11.4 Å². The van der Waals surface area contributed by atoms with Gasteiger partial charge in [0.25, 0.3) is 0 Å². The lowest BCUT2D eigenvalue weighted by Crippen LogP contribution is -2.23. The number of aliphatic imine (C=N–C) groups is 1. The first-order valence-corrected chi connectivity index (χ1v) is 8.16. The van der Waals surface area contributed by atoms with Crippen molar-refractivity contribution < 1.29 is 4.74 Å². The van der Waals surface area contributed by atoms with Crippen LogP contribution >= 0.6 is 24.0 Å². The zero-order chi connectivity index (χ0) is 17.2. The van der Waals surface area contributed by atoms with E-state index in [0.29, 0.717) is 5.96 Å². The second-order valence-electron chi connectivity index (χ2n) is 5.58. The highest BCUT2D eigenvalue weighted by atomic mass is 127. The van der Waals surface area contributed by atoms with E-state index in [4.69, 9.17) is 10.5 Å². The SMILES string of the molecule is COc1ccc(NC(N)=NCCCCN(C)c2ccccc2)cc1.I. The van der Waals surface area contributed by atoms with Gasteiger partial charge in [-0.15, -0.1) is 24.0 Å². The lowest BCUT2D eigenvalue weighted by Gasteiger charge is -2.18. The third-order valence-electron chi connectivity index (χ3n) is 3.74. The zero-order valence-corrected chi connectivity index (χ0v) is 17.1. The number of methoxy groups -OCH3 is 1. The van der Waals surface area contributed by atoms with Gasteiger partial charge in [0.1, 0.15) is 5.75 Å². The van der Waals surface area contributed by atoms with Gasteiger partial charge in [0.05, 0.1) is 7.11 Å². The molecule has 2 aromatic carbocycles. The number of halogens is 1. The third kappa shape index (κ3) is 7.64. The van der Waals surface area contributed by atoms with Crippen molar-refractivity contribution in [2.24, 2.45) is 10.7 Å². The van der Waals surface area contributed by atoms with Crippen LogP contribution in [0.1, 0.15) is 12.8 Å². The van der Waals surface area contributed by atoms with Gasteiger partial charge in [-0.1, -0.05) is 18.2 Å². The molecule has 0 radical (unpaired) electrons. The molecule has 3 N–H and O–H groups in total. The number of ether oxygens (including phenoxy) is 1.